The van der Waals surface area contributed by atoms with E-state index in [-0.39, 0.29) is 16.8 Å². The predicted octanol–water partition coefficient (Wildman–Crippen LogP) is 2.60. The molecule has 6 heteroatoms. The largest absolute Gasteiger partial charge is 0.351 e. The van der Waals surface area contributed by atoms with Crippen LogP contribution in [-0.2, 0) is 14.8 Å². The molecule has 0 heterocycles. The molecular formula is C20H28N2O3S. The minimum atomic E-state index is -3.76. The highest BCUT2D eigenvalue weighted by Crippen LogP contribution is 2.58. The van der Waals surface area contributed by atoms with Crippen LogP contribution < -0.4 is 10.0 Å². The van der Waals surface area contributed by atoms with Crippen molar-refractivity contribution in [2.45, 2.75) is 62.9 Å². The van der Waals surface area contributed by atoms with Crippen molar-refractivity contribution >= 4 is 15.9 Å². The molecular weight excluding hydrogens is 348 g/mol. The first-order chi connectivity index (χ1) is 12.2. The molecule has 0 aromatic heterocycles. The smallest absolute Gasteiger partial charge is 0.241 e. The zero-order valence-corrected chi connectivity index (χ0v) is 16.5. The Hall–Kier alpha value is -1.40. The molecule has 26 heavy (non-hydrogen) atoms. The molecule has 0 radical (unpaired) electrons. The van der Waals surface area contributed by atoms with Crippen LogP contribution in [0, 0.1) is 30.6 Å². The Bertz CT molecular complexity index is 829. The fourth-order valence-electron chi connectivity index (χ4n) is 5.59. The monoisotopic (exact) mass is 376 g/mol. The molecule has 4 saturated carbocycles. The molecule has 0 saturated heterocycles. The van der Waals surface area contributed by atoms with Gasteiger partial charge in [0.15, 0.2) is 0 Å². The van der Waals surface area contributed by atoms with Gasteiger partial charge in [0.2, 0.25) is 15.9 Å². The summed E-state index contributed by atoms with van der Waals surface area (Å²) in [5, 5.41) is 3.20. The summed E-state index contributed by atoms with van der Waals surface area (Å²) in [6.45, 7) is 5.04. The number of sulfonamides is 1. The number of carbonyl (C=O) groups is 1. The first-order valence-corrected chi connectivity index (χ1v) is 11.1. The van der Waals surface area contributed by atoms with E-state index in [1.165, 1.54) is 25.7 Å². The van der Waals surface area contributed by atoms with Crippen LogP contribution in [0.1, 0.15) is 45.1 Å². The van der Waals surface area contributed by atoms with Gasteiger partial charge < -0.3 is 5.32 Å². The number of nitrogens with one attached hydrogen (secondary N) is 2. The molecule has 5 nitrogen and oxygen atoms in total. The van der Waals surface area contributed by atoms with E-state index in [1.54, 1.807) is 45.0 Å². The van der Waals surface area contributed by atoms with Gasteiger partial charge in [-0.25, -0.2) is 8.42 Å². The Balaban J connectivity index is 1.48. The van der Waals surface area contributed by atoms with E-state index in [4.69, 9.17) is 0 Å². The summed E-state index contributed by atoms with van der Waals surface area (Å²) < 4.78 is 28.2. The number of benzene rings is 1. The molecule has 5 unspecified atom stereocenters. The number of rotatable bonds is 5. The molecule has 0 aliphatic heterocycles. The quantitative estimate of drug-likeness (QED) is 0.829. The third-order valence-electron chi connectivity index (χ3n) is 6.70. The normalized spacial score (nSPS) is 32.8. The summed E-state index contributed by atoms with van der Waals surface area (Å²) in [6, 6.07) is 7.04. The van der Waals surface area contributed by atoms with Crippen LogP contribution >= 0.6 is 0 Å². The van der Waals surface area contributed by atoms with Gasteiger partial charge in [-0.05, 0) is 81.8 Å². The fraction of sp³-hybridized carbons (Fsp3) is 0.650. The van der Waals surface area contributed by atoms with E-state index in [9.17, 15) is 13.2 Å². The number of hydrogen-bond acceptors (Lipinski definition) is 3. The third kappa shape index (κ3) is 2.97. The molecule has 1 aromatic rings. The van der Waals surface area contributed by atoms with E-state index in [0.29, 0.717) is 17.4 Å². The molecule has 5 atom stereocenters. The standard InChI is InChI=1S/C20H28N2O3S/c1-12-6-4-5-7-17(12)26(24,25)22-20(2,3)19(23)21-18-15-9-13-8-14(11-15)16(18)10-13/h4-7,13-16,18,22H,8-11H2,1-3H3,(H,21,23). The lowest BCUT2D eigenvalue weighted by atomic mass is 9.79. The van der Waals surface area contributed by atoms with E-state index in [0.717, 1.165) is 11.8 Å². The van der Waals surface area contributed by atoms with Crippen LogP contribution in [-0.4, -0.2) is 25.9 Å². The van der Waals surface area contributed by atoms with Gasteiger partial charge in [0.05, 0.1) is 4.90 Å². The van der Waals surface area contributed by atoms with E-state index in [1.807, 2.05) is 0 Å². The summed E-state index contributed by atoms with van der Waals surface area (Å²) >= 11 is 0. The molecule has 4 aliphatic carbocycles. The Morgan fingerprint density at radius 3 is 2.46 bits per heavy atom. The van der Waals surface area contributed by atoms with Gasteiger partial charge >= 0.3 is 0 Å². The molecule has 1 aromatic carbocycles. The Morgan fingerprint density at radius 1 is 1.08 bits per heavy atom. The van der Waals surface area contributed by atoms with Gasteiger partial charge in [-0.3, -0.25) is 4.79 Å². The topological polar surface area (TPSA) is 75.3 Å². The Morgan fingerprint density at radius 2 is 1.77 bits per heavy atom. The van der Waals surface area contributed by atoms with Crippen molar-refractivity contribution in [2.75, 3.05) is 0 Å². The van der Waals surface area contributed by atoms with E-state index in [2.05, 4.69) is 10.0 Å². The summed E-state index contributed by atoms with van der Waals surface area (Å²) in [6.07, 6.45) is 4.98. The van der Waals surface area contributed by atoms with Gasteiger partial charge in [-0.2, -0.15) is 4.72 Å². The molecule has 1 amide bonds. The van der Waals surface area contributed by atoms with Gasteiger partial charge in [0.25, 0.3) is 0 Å². The highest BCUT2D eigenvalue weighted by atomic mass is 32.2. The Kier molecular flexibility index (Phi) is 4.19. The first kappa shape index (κ1) is 18.0. The third-order valence-corrected chi connectivity index (χ3v) is 8.51. The van der Waals surface area contributed by atoms with Crippen LogP contribution in [0.5, 0.6) is 0 Å². The van der Waals surface area contributed by atoms with Gasteiger partial charge in [0.1, 0.15) is 5.54 Å². The van der Waals surface area contributed by atoms with Crippen LogP contribution in [0.15, 0.2) is 29.2 Å². The maximum absolute atomic E-state index is 12.9. The average molecular weight is 377 g/mol. The molecule has 142 valence electrons. The minimum Gasteiger partial charge on any atom is -0.351 e. The SMILES string of the molecule is Cc1ccccc1S(=O)(=O)NC(C)(C)C(=O)NC1C2CC3CC(C2)C1C3. The molecule has 4 aliphatic rings. The van der Waals surface area contributed by atoms with Crippen molar-refractivity contribution in [3.63, 3.8) is 0 Å². The minimum absolute atomic E-state index is 0.216. The van der Waals surface area contributed by atoms with E-state index >= 15 is 0 Å². The number of amides is 1. The van der Waals surface area contributed by atoms with Gasteiger partial charge in [0, 0.05) is 6.04 Å². The van der Waals surface area contributed by atoms with E-state index < -0.39 is 15.6 Å². The second-order valence-electron chi connectivity index (χ2n) is 8.99. The zero-order chi connectivity index (χ0) is 18.7. The van der Waals surface area contributed by atoms with Crippen molar-refractivity contribution in [1.82, 2.24) is 10.0 Å². The van der Waals surface area contributed by atoms with Crippen LogP contribution in [0.2, 0.25) is 0 Å². The lowest BCUT2D eigenvalue weighted by molar-refractivity contribution is -0.127. The lowest BCUT2D eigenvalue weighted by Gasteiger charge is -2.35. The first-order valence-electron chi connectivity index (χ1n) is 9.58. The van der Waals surface area contributed by atoms with Gasteiger partial charge in [-0.1, -0.05) is 18.2 Å². The summed E-state index contributed by atoms with van der Waals surface area (Å²) in [4.78, 5) is 13.1. The van der Waals surface area contributed by atoms with Crippen molar-refractivity contribution < 1.29 is 13.2 Å². The molecule has 2 N–H and O–H groups in total. The number of aryl methyl sites for hydroxylation is 1. The summed E-state index contributed by atoms with van der Waals surface area (Å²) in [5.74, 6) is 2.55. The van der Waals surface area contributed by atoms with Crippen molar-refractivity contribution in [3.8, 4) is 0 Å². The van der Waals surface area contributed by atoms with Crippen LogP contribution in [0.4, 0.5) is 0 Å². The highest BCUT2D eigenvalue weighted by Gasteiger charge is 2.54. The van der Waals surface area contributed by atoms with Crippen LogP contribution in [0.25, 0.3) is 0 Å². The average Bonchev–Trinajstić information content (AvgIpc) is 2.96. The summed E-state index contributed by atoms with van der Waals surface area (Å²) in [5.41, 5.74) is -0.526. The molecule has 0 spiro atoms. The maximum Gasteiger partial charge on any atom is 0.241 e. The van der Waals surface area contributed by atoms with Crippen LogP contribution in [0.3, 0.4) is 0 Å². The van der Waals surface area contributed by atoms with Crippen molar-refractivity contribution in [2.24, 2.45) is 23.7 Å². The molecule has 4 fully saturated rings. The number of hydrogen-bond donors (Lipinski definition) is 2. The maximum atomic E-state index is 12.9. The van der Waals surface area contributed by atoms with Gasteiger partial charge in [-0.15, -0.1) is 0 Å². The van der Waals surface area contributed by atoms with Crippen molar-refractivity contribution in [1.29, 1.82) is 0 Å². The Labute approximate surface area is 156 Å². The second kappa shape index (κ2) is 6.06. The number of carbonyl (C=O) groups excluding carboxylic acids is 1. The second-order valence-corrected chi connectivity index (χ2v) is 10.6. The van der Waals surface area contributed by atoms with Crippen molar-refractivity contribution in [3.05, 3.63) is 29.8 Å². The summed E-state index contributed by atoms with van der Waals surface area (Å²) in [7, 11) is -3.76. The predicted molar refractivity (Wildman–Crippen MR) is 99.9 cm³/mol. The lowest BCUT2D eigenvalue weighted by Crippen LogP contribution is -2.58. The zero-order valence-electron chi connectivity index (χ0n) is 15.7. The highest BCUT2D eigenvalue weighted by molar-refractivity contribution is 7.89. The molecule has 4 bridgehead atoms. The molecule has 5 rings (SSSR count). The fourth-order valence-corrected chi connectivity index (χ4v) is 7.21.